The van der Waals surface area contributed by atoms with Crippen LogP contribution < -0.4 is 0 Å². The maximum absolute atomic E-state index is 4.86. The van der Waals surface area contributed by atoms with Gasteiger partial charge in [0.05, 0.1) is 11.4 Å². The van der Waals surface area contributed by atoms with Crippen molar-refractivity contribution in [3.8, 4) is 0 Å². The first-order valence-corrected chi connectivity index (χ1v) is 8.41. The van der Waals surface area contributed by atoms with Crippen LogP contribution in [0.1, 0.15) is 30.7 Å². The molecule has 0 saturated heterocycles. The molecule has 0 atom stereocenters. The van der Waals surface area contributed by atoms with E-state index in [9.17, 15) is 0 Å². The Morgan fingerprint density at radius 3 is 2.46 bits per heavy atom. The van der Waals surface area contributed by atoms with E-state index in [1.54, 1.807) is 0 Å². The largest absolute Gasteiger partial charge is 0.347 e. The molecule has 0 amide bonds. The van der Waals surface area contributed by atoms with E-state index in [-0.39, 0.29) is 5.41 Å². The minimum absolute atomic E-state index is 0.0500. The third-order valence-corrected chi connectivity index (χ3v) is 5.31. The molecule has 0 unspecified atom stereocenters. The Bertz CT molecular complexity index is 1000. The number of aliphatic imine (C=N–C) groups is 1. The molecule has 0 spiro atoms. The van der Waals surface area contributed by atoms with Crippen LogP contribution in [0.2, 0.25) is 0 Å². The van der Waals surface area contributed by atoms with Crippen molar-refractivity contribution in [2.45, 2.75) is 26.2 Å². The summed E-state index contributed by atoms with van der Waals surface area (Å²) in [5.74, 6) is 0. The quantitative estimate of drug-likeness (QED) is 0.589. The standard InChI is InChI=1S/C22H22N2/c1-15-16(17-9-5-8-12-20(17)24(15)4)13-14-21-22(2,3)18-10-6-7-11-19(18)23-21/h5-14H,1-4H3/b14-13+. The zero-order valence-corrected chi connectivity index (χ0v) is 14.7. The Balaban J connectivity index is 1.79. The summed E-state index contributed by atoms with van der Waals surface area (Å²) in [5, 5.41) is 1.29. The summed E-state index contributed by atoms with van der Waals surface area (Å²) in [5.41, 5.74) is 7.30. The van der Waals surface area contributed by atoms with Gasteiger partial charge >= 0.3 is 0 Å². The molecule has 0 fully saturated rings. The molecule has 120 valence electrons. The van der Waals surface area contributed by atoms with Crippen molar-refractivity contribution < 1.29 is 0 Å². The zero-order chi connectivity index (χ0) is 16.9. The average molecular weight is 314 g/mol. The van der Waals surface area contributed by atoms with Crippen molar-refractivity contribution in [1.29, 1.82) is 0 Å². The van der Waals surface area contributed by atoms with Crippen molar-refractivity contribution in [1.82, 2.24) is 4.57 Å². The van der Waals surface area contributed by atoms with E-state index in [2.05, 4.69) is 93.1 Å². The van der Waals surface area contributed by atoms with Gasteiger partial charge in [0.25, 0.3) is 0 Å². The van der Waals surface area contributed by atoms with E-state index in [4.69, 9.17) is 4.99 Å². The Kier molecular flexibility index (Phi) is 3.24. The fourth-order valence-electron chi connectivity index (χ4n) is 3.68. The van der Waals surface area contributed by atoms with Crippen LogP contribution in [0, 0.1) is 6.92 Å². The third-order valence-electron chi connectivity index (χ3n) is 5.31. The lowest BCUT2D eigenvalue weighted by Crippen LogP contribution is -2.23. The Labute approximate surface area is 143 Å². The van der Waals surface area contributed by atoms with Crippen LogP contribution in [-0.4, -0.2) is 10.3 Å². The lowest BCUT2D eigenvalue weighted by Gasteiger charge is -2.20. The normalized spacial score (nSPS) is 15.9. The molecule has 4 rings (SSSR count). The Morgan fingerprint density at radius 2 is 1.67 bits per heavy atom. The van der Waals surface area contributed by atoms with Crippen molar-refractivity contribution in [3.05, 3.63) is 71.4 Å². The monoisotopic (exact) mass is 314 g/mol. The molecule has 3 aromatic rings. The van der Waals surface area contributed by atoms with Gasteiger partial charge in [-0.3, -0.25) is 4.99 Å². The van der Waals surface area contributed by atoms with Crippen molar-refractivity contribution in [2.75, 3.05) is 0 Å². The average Bonchev–Trinajstić information content (AvgIpc) is 2.98. The van der Waals surface area contributed by atoms with E-state index in [1.165, 1.54) is 27.7 Å². The molecule has 2 nitrogen and oxygen atoms in total. The molecule has 24 heavy (non-hydrogen) atoms. The van der Waals surface area contributed by atoms with Crippen LogP contribution in [-0.2, 0) is 12.5 Å². The number of para-hydroxylation sites is 2. The van der Waals surface area contributed by atoms with Gasteiger partial charge in [-0.2, -0.15) is 0 Å². The highest BCUT2D eigenvalue weighted by molar-refractivity contribution is 6.11. The van der Waals surface area contributed by atoms with Crippen LogP contribution >= 0.6 is 0 Å². The highest BCUT2D eigenvalue weighted by Gasteiger charge is 2.32. The van der Waals surface area contributed by atoms with Gasteiger partial charge in [-0.05, 0) is 30.7 Å². The predicted molar refractivity (Wildman–Crippen MR) is 103 cm³/mol. The first-order valence-electron chi connectivity index (χ1n) is 8.41. The van der Waals surface area contributed by atoms with Gasteiger partial charge in [-0.15, -0.1) is 0 Å². The summed E-state index contributed by atoms with van der Waals surface area (Å²) < 4.78 is 2.26. The van der Waals surface area contributed by atoms with Crippen LogP contribution in [0.5, 0.6) is 0 Å². The van der Waals surface area contributed by atoms with Gasteiger partial charge in [-0.1, -0.05) is 56.3 Å². The molecule has 0 radical (unpaired) electrons. The van der Waals surface area contributed by atoms with Gasteiger partial charge in [0.15, 0.2) is 0 Å². The number of nitrogens with zero attached hydrogens (tertiary/aromatic N) is 2. The highest BCUT2D eigenvalue weighted by Crippen LogP contribution is 2.40. The molecule has 0 aliphatic carbocycles. The van der Waals surface area contributed by atoms with Crippen LogP contribution in [0.25, 0.3) is 17.0 Å². The lowest BCUT2D eigenvalue weighted by atomic mass is 9.81. The molecule has 2 heteroatoms. The first-order chi connectivity index (χ1) is 11.5. The molecule has 1 aliphatic heterocycles. The summed E-state index contributed by atoms with van der Waals surface area (Å²) in [4.78, 5) is 4.86. The molecule has 0 saturated carbocycles. The zero-order valence-electron chi connectivity index (χ0n) is 14.7. The molecule has 2 aromatic carbocycles. The lowest BCUT2D eigenvalue weighted by molar-refractivity contribution is 0.740. The summed E-state index contributed by atoms with van der Waals surface area (Å²) in [6, 6.07) is 17.0. The fourth-order valence-corrected chi connectivity index (χ4v) is 3.68. The van der Waals surface area contributed by atoms with Crippen molar-refractivity contribution in [3.63, 3.8) is 0 Å². The van der Waals surface area contributed by atoms with E-state index in [0.717, 1.165) is 11.4 Å². The maximum Gasteiger partial charge on any atom is 0.0674 e. The van der Waals surface area contributed by atoms with Crippen LogP contribution in [0.3, 0.4) is 0 Å². The topological polar surface area (TPSA) is 17.3 Å². The number of rotatable bonds is 2. The minimum Gasteiger partial charge on any atom is -0.347 e. The smallest absolute Gasteiger partial charge is 0.0674 e. The molecular formula is C22H22N2. The number of hydrogen-bond acceptors (Lipinski definition) is 1. The summed E-state index contributed by atoms with van der Waals surface area (Å²) in [6.07, 6.45) is 4.42. The van der Waals surface area contributed by atoms with Crippen LogP contribution in [0.15, 0.2) is 59.6 Å². The predicted octanol–water partition coefficient (Wildman–Crippen LogP) is 5.56. The number of aromatic nitrogens is 1. The number of allylic oxidation sites excluding steroid dienone is 1. The fraction of sp³-hybridized carbons (Fsp3) is 0.227. The van der Waals surface area contributed by atoms with Gasteiger partial charge in [0, 0.05) is 34.6 Å². The molecule has 1 aliphatic rings. The second-order valence-corrected chi connectivity index (χ2v) is 7.05. The molecular weight excluding hydrogens is 292 g/mol. The summed E-state index contributed by atoms with van der Waals surface area (Å²) in [6.45, 7) is 6.67. The SMILES string of the molecule is Cc1c(/C=C/C2=Nc3ccccc3C2(C)C)c2ccccc2n1C. The maximum atomic E-state index is 4.86. The van der Waals surface area contributed by atoms with E-state index in [1.807, 2.05) is 0 Å². The van der Waals surface area contributed by atoms with Gasteiger partial charge in [0.2, 0.25) is 0 Å². The first kappa shape index (κ1) is 14.9. The highest BCUT2D eigenvalue weighted by atomic mass is 14.9. The van der Waals surface area contributed by atoms with Gasteiger partial charge < -0.3 is 4.57 Å². The molecule has 0 N–H and O–H groups in total. The summed E-state index contributed by atoms with van der Waals surface area (Å²) in [7, 11) is 2.13. The summed E-state index contributed by atoms with van der Waals surface area (Å²) >= 11 is 0. The number of hydrogen-bond donors (Lipinski definition) is 0. The molecule has 1 aromatic heterocycles. The van der Waals surface area contributed by atoms with E-state index < -0.39 is 0 Å². The number of benzene rings is 2. The van der Waals surface area contributed by atoms with E-state index >= 15 is 0 Å². The van der Waals surface area contributed by atoms with Gasteiger partial charge in [0.1, 0.15) is 0 Å². The van der Waals surface area contributed by atoms with Crippen LogP contribution in [0.4, 0.5) is 5.69 Å². The van der Waals surface area contributed by atoms with E-state index in [0.29, 0.717) is 0 Å². The second-order valence-electron chi connectivity index (χ2n) is 7.05. The van der Waals surface area contributed by atoms with Crippen molar-refractivity contribution in [2.24, 2.45) is 12.0 Å². The molecule has 2 heterocycles. The van der Waals surface area contributed by atoms with Crippen molar-refractivity contribution >= 4 is 28.4 Å². The Hall–Kier alpha value is -2.61. The third kappa shape index (κ3) is 2.06. The van der Waals surface area contributed by atoms with Gasteiger partial charge in [-0.25, -0.2) is 0 Å². The second kappa shape index (κ2) is 5.20. The Morgan fingerprint density at radius 1 is 0.958 bits per heavy atom. The number of fused-ring (bicyclic) bond motifs is 2. The minimum atomic E-state index is -0.0500. The number of aryl methyl sites for hydroxylation is 1. The molecule has 0 bridgehead atoms.